The average Bonchev–Trinajstić information content (AvgIpc) is 2.95. The van der Waals surface area contributed by atoms with E-state index in [1.807, 2.05) is 6.92 Å². The Bertz CT molecular complexity index is 972. The van der Waals surface area contributed by atoms with E-state index < -0.39 is 11.8 Å². The van der Waals surface area contributed by atoms with Crippen molar-refractivity contribution in [3.63, 3.8) is 0 Å². The Morgan fingerprint density at radius 1 is 1.08 bits per heavy atom. The Hall–Kier alpha value is -3.02. The van der Waals surface area contributed by atoms with Crippen LogP contribution in [0, 0.1) is 33.5 Å². The molecule has 0 aliphatic rings. The molecule has 0 spiro atoms. The second-order valence-electron chi connectivity index (χ2n) is 6.05. The van der Waals surface area contributed by atoms with Gasteiger partial charge in [0, 0.05) is 5.56 Å². The third-order valence-corrected chi connectivity index (χ3v) is 4.27. The summed E-state index contributed by atoms with van der Waals surface area (Å²) in [5.74, 6) is -1.14. The van der Waals surface area contributed by atoms with E-state index in [1.165, 1.54) is 6.07 Å². The predicted molar refractivity (Wildman–Crippen MR) is 91.0 cm³/mol. The number of halogens is 1. The number of nitrogens with zero attached hydrogens (tertiary/aromatic N) is 2. The number of carboxylic acids is 1. The lowest BCUT2D eigenvalue weighted by Gasteiger charge is -2.12. The van der Waals surface area contributed by atoms with Gasteiger partial charge in [-0.25, -0.2) is 9.18 Å². The molecule has 1 N–H and O–H groups in total. The number of aryl methyl sites for hydroxylation is 3. The van der Waals surface area contributed by atoms with Crippen LogP contribution in [0.3, 0.4) is 0 Å². The molecule has 3 rings (SSSR count). The fourth-order valence-corrected chi connectivity index (χ4v) is 3.19. The van der Waals surface area contributed by atoms with Gasteiger partial charge in [0.05, 0.1) is 11.1 Å². The molecule has 1 heterocycles. The zero-order valence-corrected chi connectivity index (χ0v) is 14.3. The number of carbonyl (C=O) groups is 1. The van der Waals surface area contributed by atoms with Gasteiger partial charge in [0.1, 0.15) is 5.82 Å². The lowest BCUT2D eigenvalue weighted by molar-refractivity contribution is 0.0695. The van der Waals surface area contributed by atoms with Gasteiger partial charge >= 0.3 is 5.97 Å². The summed E-state index contributed by atoms with van der Waals surface area (Å²) in [4.78, 5) is 15.9. The van der Waals surface area contributed by atoms with Crippen molar-refractivity contribution in [2.75, 3.05) is 0 Å². The van der Waals surface area contributed by atoms with E-state index in [9.17, 15) is 14.3 Å². The van der Waals surface area contributed by atoms with Crippen molar-refractivity contribution in [2.45, 2.75) is 27.7 Å². The molecule has 0 unspecified atom stereocenters. The Labute approximate surface area is 144 Å². The van der Waals surface area contributed by atoms with Crippen LogP contribution in [-0.4, -0.2) is 21.2 Å². The number of benzene rings is 2. The van der Waals surface area contributed by atoms with Gasteiger partial charge in [-0.15, -0.1) is 0 Å². The first-order valence-corrected chi connectivity index (χ1v) is 7.75. The summed E-state index contributed by atoms with van der Waals surface area (Å²) in [7, 11) is 0. The van der Waals surface area contributed by atoms with E-state index in [0.717, 1.165) is 5.56 Å². The monoisotopic (exact) mass is 340 g/mol. The zero-order chi connectivity index (χ0) is 18.3. The van der Waals surface area contributed by atoms with Gasteiger partial charge in [-0.3, -0.25) is 0 Å². The minimum atomic E-state index is -1.01. The molecule has 25 heavy (non-hydrogen) atoms. The molecule has 0 saturated heterocycles. The van der Waals surface area contributed by atoms with Gasteiger partial charge in [0.15, 0.2) is 0 Å². The Kier molecular flexibility index (Phi) is 4.12. The number of aromatic carboxylic acids is 1. The smallest absolute Gasteiger partial charge is 0.336 e. The molecule has 1 aromatic heterocycles. The third-order valence-electron chi connectivity index (χ3n) is 4.27. The van der Waals surface area contributed by atoms with Gasteiger partial charge in [-0.2, -0.15) is 4.98 Å². The van der Waals surface area contributed by atoms with Gasteiger partial charge in [0.2, 0.25) is 5.82 Å². The highest BCUT2D eigenvalue weighted by Gasteiger charge is 2.22. The molecule has 2 aromatic carbocycles. The van der Waals surface area contributed by atoms with Crippen molar-refractivity contribution in [1.29, 1.82) is 0 Å². The quantitative estimate of drug-likeness (QED) is 0.761. The topological polar surface area (TPSA) is 76.2 Å². The number of rotatable bonds is 3. The maximum absolute atomic E-state index is 14.1. The van der Waals surface area contributed by atoms with Crippen LogP contribution in [0.2, 0.25) is 0 Å². The van der Waals surface area contributed by atoms with Crippen molar-refractivity contribution in [3.05, 3.63) is 57.9 Å². The lowest BCUT2D eigenvalue weighted by atomic mass is 9.93. The highest BCUT2D eigenvalue weighted by molar-refractivity contribution is 5.94. The zero-order valence-electron chi connectivity index (χ0n) is 14.3. The molecule has 0 fully saturated rings. The van der Waals surface area contributed by atoms with Crippen molar-refractivity contribution < 1.29 is 18.8 Å². The average molecular weight is 340 g/mol. The molecule has 0 radical (unpaired) electrons. The van der Waals surface area contributed by atoms with E-state index in [4.69, 9.17) is 4.52 Å². The standard InChI is InChI=1S/C19H17FN2O3/c1-9-6-5-7-13(20)16(9)18-21-17(22-25-18)14-10(2)8-11(3)15(12(14)4)19(23)24/h5-8H,1-4H3,(H,23,24). The summed E-state index contributed by atoms with van der Waals surface area (Å²) >= 11 is 0. The molecule has 3 aromatic rings. The van der Waals surface area contributed by atoms with Crippen molar-refractivity contribution >= 4 is 5.97 Å². The molecule has 0 aliphatic heterocycles. The molecule has 5 nitrogen and oxygen atoms in total. The molecule has 128 valence electrons. The summed E-state index contributed by atoms with van der Waals surface area (Å²) in [5.41, 5.74) is 3.79. The van der Waals surface area contributed by atoms with E-state index >= 15 is 0 Å². The molecule has 0 bridgehead atoms. The van der Waals surface area contributed by atoms with E-state index in [-0.39, 0.29) is 22.8 Å². The molecule has 0 aliphatic carbocycles. The van der Waals surface area contributed by atoms with Crippen molar-refractivity contribution in [2.24, 2.45) is 0 Å². The number of hydrogen-bond acceptors (Lipinski definition) is 4. The molecule has 6 heteroatoms. The first-order chi connectivity index (χ1) is 11.8. The van der Waals surface area contributed by atoms with E-state index in [2.05, 4.69) is 10.1 Å². The second kappa shape index (κ2) is 6.12. The maximum atomic E-state index is 14.1. The molecule has 0 atom stereocenters. The summed E-state index contributed by atoms with van der Waals surface area (Å²) in [6.07, 6.45) is 0. The molecule has 0 saturated carbocycles. The minimum Gasteiger partial charge on any atom is -0.478 e. The highest BCUT2D eigenvalue weighted by Crippen LogP contribution is 2.32. The molecule has 0 amide bonds. The van der Waals surface area contributed by atoms with Crippen LogP contribution in [0.5, 0.6) is 0 Å². The summed E-state index contributed by atoms with van der Waals surface area (Å²) < 4.78 is 19.4. The SMILES string of the molecule is Cc1cc(C)c(-c2noc(-c3c(C)cccc3F)n2)c(C)c1C(=O)O. The van der Waals surface area contributed by atoms with Crippen molar-refractivity contribution in [3.8, 4) is 22.8 Å². The van der Waals surface area contributed by atoms with Crippen LogP contribution >= 0.6 is 0 Å². The summed E-state index contributed by atoms with van der Waals surface area (Å²) in [5, 5.41) is 13.4. The fraction of sp³-hybridized carbons (Fsp3) is 0.211. The third kappa shape index (κ3) is 2.80. The van der Waals surface area contributed by atoms with Crippen LogP contribution < -0.4 is 0 Å². The van der Waals surface area contributed by atoms with Gasteiger partial charge < -0.3 is 9.63 Å². The van der Waals surface area contributed by atoms with Crippen LogP contribution in [0.1, 0.15) is 32.6 Å². The largest absolute Gasteiger partial charge is 0.478 e. The van der Waals surface area contributed by atoms with E-state index in [1.54, 1.807) is 39.0 Å². The second-order valence-corrected chi connectivity index (χ2v) is 6.05. The lowest BCUT2D eigenvalue weighted by Crippen LogP contribution is -2.06. The predicted octanol–water partition coefficient (Wildman–Crippen LogP) is 4.47. The first kappa shape index (κ1) is 16.8. The van der Waals surface area contributed by atoms with Crippen LogP contribution in [0.25, 0.3) is 22.8 Å². The Balaban J connectivity index is 2.19. The molecular weight excluding hydrogens is 323 g/mol. The maximum Gasteiger partial charge on any atom is 0.336 e. The first-order valence-electron chi connectivity index (χ1n) is 7.75. The highest BCUT2D eigenvalue weighted by atomic mass is 19.1. The number of hydrogen-bond donors (Lipinski definition) is 1. The molecular formula is C19H17FN2O3. The van der Waals surface area contributed by atoms with Crippen molar-refractivity contribution in [1.82, 2.24) is 10.1 Å². The van der Waals surface area contributed by atoms with Crippen LogP contribution in [-0.2, 0) is 0 Å². The Morgan fingerprint density at radius 3 is 2.44 bits per heavy atom. The summed E-state index contributed by atoms with van der Waals surface area (Å²) in [6.45, 7) is 7.07. The normalized spacial score (nSPS) is 10.9. The van der Waals surface area contributed by atoms with Gasteiger partial charge in [-0.1, -0.05) is 23.4 Å². The van der Waals surface area contributed by atoms with Gasteiger partial charge in [-0.05, 0) is 56.0 Å². The van der Waals surface area contributed by atoms with Crippen LogP contribution in [0.15, 0.2) is 28.8 Å². The Morgan fingerprint density at radius 2 is 1.80 bits per heavy atom. The fourth-order valence-electron chi connectivity index (χ4n) is 3.19. The van der Waals surface area contributed by atoms with Crippen LogP contribution in [0.4, 0.5) is 4.39 Å². The van der Waals surface area contributed by atoms with E-state index in [0.29, 0.717) is 22.3 Å². The van der Waals surface area contributed by atoms with Gasteiger partial charge in [0.25, 0.3) is 5.89 Å². The summed E-state index contributed by atoms with van der Waals surface area (Å²) in [6, 6.07) is 6.47. The number of aromatic nitrogens is 2. The number of carboxylic acid groups (broad SMARTS) is 1. The minimum absolute atomic E-state index is 0.0712.